The van der Waals surface area contributed by atoms with E-state index in [9.17, 15) is 0 Å². The molecule has 2 nitrogen and oxygen atoms in total. The average molecular weight is 433 g/mol. The molecule has 2 heteroatoms. The van der Waals surface area contributed by atoms with E-state index in [0.29, 0.717) is 0 Å². The maximum absolute atomic E-state index is 5.07. The predicted octanol–water partition coefficient (Wildman–Crippen LogP) is 8.56. The molecule has 0 atom stereocenters. The highest BCUT2D eigenvalue weighted by atomic mass is 14.7. The van der Waals surface area contributed by atoms with Crippen LogP contribution in [0.1, 0.15) is 11.4 Å². The Morgan fingerprint density at radius 2 is 1.12 bits per heavy atom. The molecule has 0 spiro atoms. The van der Waals surface area contributed by atoms with Crippen LogP contribution in [0.3, 0.4) is 0 Å². The molecular weight excluding hydrogens is 412 g/mol. The molecule has 0 N–H and O–H groups in total. The summed E-state index contributed by atoms with van der Waals surface area (Å²) in [6, 6.07) is 31.1. The Bertz CT molecular complexity index is 2070. The van der Waals surface area contributed by atoms with Gasteiger partial charge in [-0.2, -0.15) is 0 Å². The second-order valence-corrected chi connectivity index (χ2v) is 9.48. The molecular formula is C32H20N2. The molecule has 6 aromatic carbocycles. The van der Waals surface area contributed by atoms with Gasteiger partial charge in [-0.1, -0.05) is 66.7 Å². The van der Waals surface area contributed by atoms with Gasteiger partial charge >= 0.3 is 0 Å². The van der Waals surface area contributed by atoms with Gasteiger partial charge in [0.15, 0.2) is 0 Å². The summed E-state index contributed by atoms with van der Waals surface area (Å²) in [5, 5.41) is 12.7. The number of pyridine rings is 2. The molecule has 8 aromatic rings. The summed E-state index contributed by atoms with van der Waals surface area (Å²) in [5.41, 5.74) is 6.64. The topological polar surface area (TPSA) is 25.8 Å². The van der Waals surface area contributed by atoms with Gasteiger partial charge in [-0.15, -0.1) is 0 Å². The molecule has 0 aliphatic rings. The van der Waals surface area contributed by atoms with Crippen LogP contribution in [-0.2, 0) is 0 Å². The fraction of sp³-hybridized carbons (Fsp3) is 0.0625. The minimum absolute atomic E-state index is 1.05. The van der Waals surface area contributed by atoms with Crippen molar-refractivity contribution < 1.29 is 0 Å². The van der Waals surface area contributed by atoms with Gasteiger partial charge in [0.05, 0.1) is 11.0 Å². The highest BCUT2D eigenvalue weighted by Gasteiger charge is 2.17. The SMILES string of the molecule is Cc1nc2cc(-c3ccc4ccc5cccc6ccc3c4c56)cc3c(C)nc4cccc1c4c23. The number of benzene rings is 6. The quantitative estimate of drug-likeness (QED) is 0.243. The highest BCUT2D eigenvalue weighted by Crippen LogP contribution is 2.42. The van der Waals surface area contributed by atoms with Crippen LogP contribution in [0.25, 0.3) is 76.0 Å². The van der Waals surface area contributed by atoms with Crippen molar-refractivity contribution in [2.45, 2.75) is 13.8 Å². The Hall–Kier alpha value is -4.30. The third kappa shape index (κ3) is 2.20. The number of rotatable bonds is 1. The Labute approximate surface area is 196 Å². The van der Waals surface area contributed by atoms with Crippen LogP contribution in [0.15, 0.2) is 84.9 Å². The Morgan fingerprint density at radius 3 is 1.97 bits per heavy atom. The molecule has 0 saturated carbocycles. The summed E-state index contributed by atoms with van der Waals surface area (Å²) in [7, 11) is 0. The lowest BCUT2D eigenvalue weighted by atomic mass is 9.88. The first kappa shape index (κ1) is 18.2. The summed E-state index contributed by atoms with van der Waals surface area (Å²) >= 11 is 0. The van der Waals surface area contributed by atoms with Gasteiger partial charge in [0, 0.05) is 32.9 Å². The molecule has 2 heterocycles. The van der Waals surface area contributed by atoms with Crippen molar-refractivity contribution in [1.29, 1.82) is 0 Å². The lowest BCUT2D eigenvalue weighted by Crippen LogP contribution is -1.96. The molecule has 34 heavy (non-hydrogen) atoms. The predicted molar refractivity (Wildman–Crippen MR) is 144 cm³/mol. The first-order valence-electron chi connectivity index (χ1n) is 11.8. The molecule has 0 radical (unpaired) electrons. The Balaban J connectivity index is 1.53. The fourth-order valence-electron chi connectivity index (χ4n) is 6.08. The van der Waals surface area contributed by atoms with Crippen molar-refractivity contribution in [3.8, 4) is 11.1 Å². The molecule has 0 aliphatic heterocycles. The van der Waals surface area contributed by atoms with Crippen LogP contribution in [0.2, 0.25) is 0 Å². The zero-order valence-electron chi connectivity index (χ0n) is 19.0. The summed E-state index contributed by atoms with van der Waals surface area (Å²) in [6.07, 6.45) is 0. The van der Waals surface area contributed by atoms with Crippen LogP contribution in [0.4, 0.5) is 0 Å². The molecule has 0 amide bonds. The largest absolute Gasteiger partial charge is 0.252 e. The maximum atomic E-state index is 5.07. The van der Waals surface area contributed by atoms with Crippen LogP contribution in [-0.4, -0.2) is 9.97 Å². The third-order valence-corrected chi connectivity index (χ3v) is 7.61. The van der Waals surface area contributed by atoms with Crippen LogP contribution in [0, 0.1) is 13.8 Å². The van der Waals surface area contributed by atoms with E-state index in [-0.39, 0.29) is 0 Å². The first-order valence-corrected chi connectivity index (χ1v) is 11.8. The summed E-state index contributed by atoms with van der Waals surface area (Å²) in [5.74, 6) is 0. The van der Waals surface area contributed by atoms with Gasteiger partial charge in [-0.05, 0) is 75.5 Å². The summed E-state index contributed by atoms with van der Waals surface area (Å²) in [6.45, 7) is 4.22. The van der Waals surface area contributed by atoms with E-state index >= 15 is 0 Å². The smallest absolute Gasteiger partial charge is 0.0725 e. The maximum Gasteiger partial charge on any atom is 0.0725 e. The molecule has 0 fully saturated rings. The van der Waals surface area contributed by atoms with Crippen molar-refractivity contribution in [1.82, 2.24) is 9.97 Å². The lowest BCUT2D eigenvalue weighted by molar-refractivity contribution is 1.26. The van der Waals surface area contributed by atoms with Crippen molar-refractivity contribution in [3.63, 3.8) is 0 Å². The van der Waals surface area contributed by atoms with E-state index < -0.39 is 0 Å². The molecule has 0 aliphatic carbocycles. The van der Waals surface area contributed by atoms with E-state index in [0.717, 1.165) is 22.4 Å². The molecule has 8 rings (SSSR count). The van der Waals surface area contributed by atoms with E-state index in [2.05, 4.69) is 98.8 Å². The van der Waals surface area contributed by atoms with Crippen molar-refractivity contribution in [2.24, 2.45) is 0 Å². The fourth-order valence-corrected chi connectivity index (χ4v) is 6.08. The second kappa shape index (κ2) is 6.18. The molecule has 2 aromatic heterocycles. The number of hydrogen-bond donors (Lipinski definition) is 0. The van der Waals surface area contributed by atoms with Gasteiger partial charge in [-0.3, -0.25) is 9.97 Å². The van der Waals surface area contributed by atoms with E-state index in [1.54, 1.807) is 0 Å². The normalized spacial score (nSPS) is 12.4. The summed E-state index contributed by atoms with van der Waals surface area (Å²) < 4.78 is 0. The van der Waals surface area contributed by atoms with Crippen LogP contribution in [0.5, 0.6) is 0 Å². The zero-order valence-corrected chi connectivity index (χ0v) is 19.0. The minimum atomic E-state index is 1.05. The number of hydrogen-bond acceptors (Lipinski definition) is 2. The van der Waals surface area contributed by atoms with Gasteiger partial charge in [0.1, 0.15) is 0 Å². The molecule has 158 valence electrons. The van der Waals surface area contributed by atoms with Crippen molar-refractivity contribution in [2.75, 3.05) is 0 Å². The van der Waals surface area contributed by atoms with E-state index in [4.69, 9.17) is 9.97 Å². The highest BCUT2D eigenvalue weighted by molar-refractivity contribution is 6.27. The average Bonchev–Trinajstić information content (AvgIpc) is 2.86. The monoisotopic (exact) mass is 432 g/mol. The molecule has 0 unspecified atom stereocenters. The number of aryl methyl sites for hydroxylation is 2. The summed E-state index contributed by atoms with van der Waals surface area (Å²) in [4.78, 5) is 10.0. The van der Waals surface area contributed by atoms with E-state index in [1.165, 1.54) is 65.0 Å². The van der Waals surface area contributed by atoms with E-state index in [1.807, 2.05) is 0 Å². The Morgan fingerprint density at radius 1 is 0.471 bits per heavy atom. The first-order chi connectivity index (χ1) is 16.7. The lowest BCUT2D eigenvalue weighted by Gasteiger charge is -2.17. The number of nitrogens with zero attached hydrogens (tertiary/aromatic N) is 2. The van der Waals surface area contributed by atoms with Crippen LogP contribution < -0.4 is 0 Å². The molecule has 0 saturated heterocycles. The number of aromatic nitrogens is 2. The third-order valence-electron chi connectivity index (χ3n) is 7.61. The van der Waals surface area contributed by atoms with Crippen LogP contribution >= 0.6 is 0 Å². The van der Waals surface area contributed by atoms with Crippen molar-refractivity contribution in [3.05, 3.63) is 96.3 Å². The van der Waals surface area contributed by atoms with Crippen molar-refractivity contribution >= 4 is 64.9 Å². The zero-order chi connectivity index (χ0) is 22.6. The Kier molecular flexibility index (Phi) is 3.30. The second-order valence-electron chi connectivity index (χ2n) is 9.48. The van der Waals surface area contributed by atoms with Gasteiger partial charge in [0.2, 0.25) is 0 Å². The molecule has 0 bridgehead atoms. The van der Waals surface area contributed by atoms with Gasteiger partial charge in [-0.25, -0.2) is 0 Å². The van der Waals surface area contributed by atoms with Gasteiger partial charge in [0.25, 0.3) is 0 Å². The minimum Gasteiger partial charge on any atom is -0.252 e. The standard InChI is InChI=1S/C32H20N2/c1-17-23-7-4-8-27-31(23)32-26(18(2)33-27)15-22(16-28(32)34-17)24-13-11-21-10-9-19-5-3-6-20-12-14-25(24)30(21)29(19)20/h3-16H,1-2H3. The van der Waals surface area contributed by atoms with Gasteiger partial charge < -0.3 is 0 Å².